The number of nitrogens with zero attached hydrogens (tertiary/aromatic N) is 3. The molecule has 3 rings (SSSR count). The lowest BCUT2D eigenvalue weighted by molar-refractivity contribution is 0.168. The summed E-state index contributed by atoms with van der Waals surface area (Å²) in [5.74, 6) is 0. The number of hydrogen-bond acceptors (Lipinski definition) is 6. The van der Waals surface area contributed by atoms with Crippen molar-refractivity contribution >= 4 is 45.2 Å². The summed E-state index contributed by atoms with van der Waals surface area (Å²) in [6, 6.07) is 5.57. The van der Waals surface area contributed by atoms with Crippen molar-refractivity contribution in [3.05, 3.63) is 18.2 Å². The maximum atomic E-state index is 12.6. The van der Waals surface area contributed by atoms with E-state index >= 15 is 0 Å². The first-order valence-corrected chi connectivity index (χ1v) is 9.66. The molecule has 0 spiro atoms. The number of halogens is 1. The molecule has 1 aromatic heterocycles. The molecule has 2 aromatic rings. The van der Waals surface area contributed by atoms with Crippen molar-refractivity contribution in [1.29, 1.82) is 0 Å². The maximum absolute atomic E-state index is 12.6. The lowest BCUT2D eigenvalue weighted by Gasteiger charge is -2.34. The third-order valence-corrected chi connectivity index (χ3v) is 6.21. The standard InChI is InChI=1S/C14H20N4O2S2.ClH/c1-10(2)18-8-6-11(7-9-18)17-22(19,20)13-5-3-4-12-14(13)16-21-15-12;/h3-5,10-11,17H,6-9H2,1-2H3;1H. The van der Waals surface area contributed by atoms with Gasteiger partial charge in [-0.1, -0.05) is 6.07 Å². The number of piperidine rings is 1. The third kappa shape index (κ3) is 4.00. The zero-order valence-corrected chi connectivity index (χ0v) is 15.5. The van der Waals surface area contributed by atoms with E-state index in [1.807, 2.05) is 0 Å². The van der Waals surface area contributed by atoms with Crippen molar-refractivity contribution in [1.82, 2.24) is 18.4 Å². The van der Waals surface area contributed by atoms with E-state index in [4.69, 9.17) is 0 Å². The van der Waals surface area contributed by atoms with Crippen molar-refractivity contribution in [2.24, 2.45) is 0 Å². The van der Waals surface area contributed by atoms with E-state index in [-0.39, 0.29) is 23.3 Å². The zero-order valence-electron chi connectivity index (χ0n) is 13.1. The van der Waals surface area contributed by atoms with Crippen LogP contribution in [0.3, 0.4) is 0 Å². The van der Waals surface area contributed by atoms with Gasteiger partial charge in [0.05, 0.1) is 11.7 Å². The van der Waals surface area contributed by atoms with Crippen LogP contribution in [0, 0.1) is 0 Å². The molecule has 9 heteroatoms. The molecule has 128 valence electrons. The van der Waals surface area contributed by atoms with Gasteiger partial charge in [0.25, 0.3) is 0 Å². The average Bonchev–Trinajstić information content (AvgIpc) is 2.95. The molecule has 1 fully saturated rings. The van der Waals surface area contributed by atoms with Crippen LogP contribution < -0.4 is 4.72 Å². The second-order valence-electron chi connectivity index (χ2n) is 5.91. The summed E-state index contributed by atoms with van der Waals surface area (Å²) in [6.45, 7) is 6.18. The van der Waals surface area contributed by atoms with Gasteiger partial charge in [0, 0.05) is 12.1 Å². The van der Waals surface area contributed by atoms with E-state index in [9.17, 15) is 8.42 Å². The largest absolute Gasteiger partial charge is 0.301 e. The number of aromatic nitrogens is 2. The van der Waals surface area contributed by atoms with Gasteiger partial charge in [-0.25, -0.2) is 13.1 Å². The summed E-state index contributed by atoms with van der Waals surface area (Å²) in [4.78, 5) is 2.60. The predicted molar refractivity (Wildman–Crippen MR) is 94.7 cm³/mol. The van der Waals surface area contributed by atoms with Gasteiger partial charge in [-0.05, 0) is 51.9 Å². The van der Waals surface area contributed by atoms with E-state index in [0.29, 0.717) is 17.1 Å². The Balaban J connectivity index is 0.00000192. The summed E-state index contributed by atoms with van der Waals surface area (Å²) in [6.07, 6.45) is 1.67. The Morgan fingerprint density at radius 2 is 1.96 bits per heavy atom. The fourth-order valence-electron chi connectivity index (χ4n) is 2.81. The molecule has 1 saturated heterocycles. The molecule has 0 aliphatic carbocycles. The Kier molecular flexibility index (Phi) is 5.96. The van der Waals surface area contributed by atoms with Crippen LogP contribution in [0.15, 0.2) is 23.1 Å². The van der Waals surface area contributed by atoms with Crippen LogP contribution in [0.2, 0.25) is 0 Å². The fourth-order valence-corrected chi connectivity index (χ4v) is 4.89. The molecule has 1 aliphatic heterocycles. The molecule has 0 radical (unpaired) electrons. The smallest absolute Gasteiger partial charge is 0.243 e. The second kappa shape index (κ2) is 7.40. The number of rotatable bonds is 4. The normalized spacial score (nSPS) is 17.5. The number of hydrogen-bond donors (Lipinski definition) is 1. The van der Waals surface area contributed by atoms with Gasteiger partial charge in [0.1, 0.15) is 15.9 Å². The van der Waals surface area contributed by atoms with E-state index in [2.05, 4.69) is 32.2 Å². The van der Waals surface area contributed by atoms with Gasteiger partial charge < -0.3 is 4.90 Å². The molecule has 0 bridgehead atoms. The summed E-state index contributed by atoms with van der Waals surface area (Å²) in [5.41, 5.74) is 1.09. The number of benzene rings is 1. The van der Waals surface area contributed by atoms with Crippen LogP contribution in [0.25, 0.3) is 11.0 Å². The van der Waals surface area contributed by atoms with Crippen LogP contribution in [0.1, 0.15) is 26.7 Å². The van der Waals surface area contributed by atoms with Gasteiger partial charge >= 0.3 is 0 Å². The van der Waals surface area contributed by atoms with E-state index in [0.717, 1.165) is 37.7 Å². The van der Waals surface area contributed by atoms with Crippen molar-refractivity contribution in [3.8, 4) is 0 Å². The average molecular weight is 377 g/mol. The molecular weight excluding hydrogens is 356 g/mol. The molecule has 23 heavy (non-hydrogen) atoms. The Bertz CT molecular complexity index is 755. The van der Waals surface area contributed by atoms with Crippen LogP contribution in [-0.2, 0) is 10.0 Å². The first-order chi connectivity index (χ1) is 10.5. The topological polar surface area (TPSA) is 75.2 Å². The molecule has 1 N–H and O–H groups in total. The Labute approximate surface area is 147 Å². The minimum atomic E-state index is -3.56. The highest BCUT2D eigenvalue weighted by Crippen LogP contribution is 2.22. The Morgan fingerprint density at radius 3 is 2.61 bits per heavy atom. The monoisotopic (exact) mass is 376 g/mol. The molecule has 1 aromatic carbocycles. The summed E-state index contributed by atoms with van der Waals surface area (Å²) < 4.78 is 36.3. The third-order valence-electron chi connectivity index (χ3n) is 4.12. The molecule has 0 saturated carbocycles. The first kappa shape index (κ1) is 18.5. The highest BCUT2D eigenvalue weighted by Gasteiger charge is 2.27. The zero-order chi connectivity index (χ0) is 15.7. The number of nitrogens with one attached hydrogen (secondary N) is 1. The fraction of sp³-hybridized carbons (Fsp3) is 0.571. The minimum Gasteiger partial charge on any atom is -0.301 e. The first-order valence-electron chi connectivity index (χ1n) is 7.45. The van der Waals surface area contributed by atoms with Gasteiger partial charge in [-0.15, -0.1) is 12.4 Å². The van der Waals surface area contributed by atoms with Gasteiger partial charge in [0.15, 0.2) is 0 Å². The minimum absolute atomic E-state index is 0. The van der Waals surface area contributed by atoms with Gasteiger partial charge in [-0.3, -0.25) is 0 Å². The predicted octanol–water partition coefficient (Wildman–Crippen LogP) is 2.26. The number of likely N-dealkylation sites (tertiary alicyclic amines) is 1. The number of fused-ring (bicyclic) bond motifs is 1. The Hall–Kier alpha value is -0.800. The van der Waals surface area contributed by atoms with Crippen molar-refractivity contribution in [3.63, 3.8) is 0 Å². The number of sulfonamides is 1. The van der Waals surface area contributed by atoms with E-state index in [1.54, 1.807) is 18.2 Å². The van der Waals surface area contributed by atoms with Gasteiger partial charge in [0.2, 0.25) is 10.0 Å². The lowest BCUT2D eigenvalue weighted by Crippen LogP contribution is -2.46. The lowest BCUT2D eigenvalue weighted by atomic mass is 10.1. The van der Waals surface area contributed by atoms with Crippen molar-refractivity contribution in [2.75, 3.05) is 13.1 Å². The molecule has 1 aliphatic rings. The summed E-state index contributed by atoms with van der Waals surface area (Å²) in [7, 11) is -3.56. The van der Waals surface area contributed by atoms with Crippen molar-refractivity contribution in [2.45, 2.75) is 43.7 Å². The SMILES string of the molecule is CC(C)N1CCC(NS(=O)(=O)c2cccc3nsnc23)CC1.Cl. The molecular formula is C14H21ClN4O2S2. The van der Waals surface area contributed by atoms with E-state index in [1.165, 1.54) is 0 Å². The van der Waals surface area contributed by atoms with Crippen LogP contribution in [0.4, 0.5) is 0 Å². The molecule has 2 heterocycles. The highest BCUT2D eigenvalue weighted by molar-refractivity contribution is 7.89. The molecule has 0 unspecified atom stereocenters. The second-order valence-corrected chi connectivity index (χ2v) is 8.12. The molecule has 0 atom stereocenters. The summed E-state index contributed by atoms with van der Waals surface area (Å²) >= 11 is 1.03. The van der Waals surface area contributed by atoms with E-state index < -0.39 is 10.0 Å². The van der Waals surface area contributed by atoms with Gasteiger partial charge in [-0.2, -0.15) is 8.75 Å². The van der Waals surface area contributed by atoms with Crippen LogP contribution in [0.5, 0.6) is 0 Å². The van der Waals surface area contributed by atoms with Crippen molar-refractivity contribution < 1.29 is 8.42 Å². The van der Waals surface area contributed by atoms with Crippen LogP contribution >= 0.6 is 24.1 Å². The quantitative estimate of drug-likeness (QED) is 0.885. The maximum Gasteiger partial charge on any atom is 0.243 e. The highest BCUT2D eigenvalue weighted by atomic mass is 35.5. The molecule has 6 nitrogen and oxygen atoms in total. The Morgan fingerprint density at radius 1 is 1.26 bits per heavy atom. The molecule has 0 amide bonds. The van der Waals surface area contributed by atoms with Crippen LogP contribution in [-0.4, -0.2) is 47.2 Å². The summed E-state index contributed by atoms with van der Waals surface area (Å²) in [5, 5.41) is 0.